The monoisotopic (exact) mass is 845 g/mol. The Labute approximate surface area is 384 Å². The summed E-state index contributed by atoms with van der Waals surface area (Å²) in [5.74, 6) is 2.93. The van der Waals surface area contributed by atoms with Gasteiger partial charge in [0.2, 0.25) is 0 Å². The van der Waals surface area contributed by atoms with Crippen LogP contribution in [0.2, 0.25) is 0 Å². The minimum absolute atomic E-state index is 0.0631. The average Bonchev–Trinajstić information content (AvgIpc) is 3.87. The van der Waals surface area contributed by atoms with Gasteiger partial charge in [-0.15, -0.1) is 0 Å². The summed E-state index contributed by atoms with van der Waals surface area (Å²) in [6.07, 6.45) is 6.80. The Hall–Kier alpha value is -8.21. The zero-order valence-electron chi connectivity index (χ0n) is 36.6. The molecule has 13 rings (SSSR count). The highest BCUT2D eigenvalue weighted by Gasteiger charge is 2.37. The molecule has 1 aromatic heterocycles. The molecule has 66 heavy (non-hydrogen) atoms. The molecular formula is C62H43N3O. The normalized spacial score (nSPS) is 16.3. The first-order chi connectivity index (χ1) is 32.4. The molecule has 0 spiro atoms. The molecule has 0 amide bonds. The molecule has 0 fully saturated rings. The van der Waals surface area contributed by atoms with Crippen molar-refractivity contribution < 1.29 is 4.74 Å². The first kappa shape index (κ1) is 38.3. The molecule has 0 saturated heterocycles. The van der Waals surface area contributed by atoms with Gasteiger partial charge in [-0.05, 0) is 108 Å². The SMILES string of the molecule is CC1(C)c2ccccc2-c2cc(-c3nc(-c4ccccc4)nc(-c4ccc(-c5cccc6c5C5C=C(c7ccc8ccc9ccc(-c%10ccccc%10)cc9c8c7)C=CC5O6)cc4)n3)ccc21. The van der Waals surface area contributed by atoms with E-state index in [0.29, 0.717) is 17.5 Å². The molecule has 2 unspecified atom stereocenters. The van der Waals surface area contributed by atoms with Crippen LogP contribution in [-0.4, -0.2) is 21.1 Å². The predicted octanol–water partition coefficient (Wildman–Crippen LogP) is 15.3. The van der Waals surface area contributed by atoms with E-state index in [1.807, 2.05) is 18.2 Å². The second-order valence-electron chi connectivity index (χ2n) is 18.3. The number of hydrogen-bond donors (Lipinski definition) is 0. The van der Waals surface area contributed by atoms with Crippen LogP contribution in [0.25, 0.3) is 94.7 Å². The lowest BCUT2D eigenvalue weighted by atomic mass is 9.82. The van der Waals surface area contributed by atoms with E-state index in [1.54, 1.807) is 0 Å². The van der Waals surface area contributed by atoms with Crippen molar-refractivity contribution in [3.8, 4) is 73.3 Å². The second kappa shape index (κ2) is 14.9. The first-order valence-electron chi connectivity index (χ1n) is 22.8. The molecule has 2 atom stereocenters. The summed E-state index contributed by atoms with van der Waals surface area (Å²) in [7, 11) is 0. The molecule has 312 valence electrons. The molecule has 2 heterocycles. The maximum Gasteiger partial charge on any atom is 0.164 e. The third-order valence-electron chi connectivity index (χ3n) is 14.1. The van der Waals surface area contributed by atoms with Crippen molar-refractivity contribution in [2.24, 2.45) is 0 Å². The van der Waals surface area contributed by atoms with E-state index in [1.165, 1.54) is 71.6 Å². The summed E-state index contributed by atoms with van der Waals surface area (Å²) in [4.78, 5) is 15.3. The lowest BCUT2D eigenvalue weighted by molar-refractivity contribution is 0.269. The standard InChI is InChI=1S/C62H43N3O/c1-62(2)54-18-10-9-16-49(54)52-37-47(30-32-55(52)62)61-64-59(42-14-7-4-8-15-42)63-60(65-61)43-26-22-39(23-27-43)48-17-11-19-57-58(48)53-36-46(31-33-56(53)66-57)45-29-25-41-21-20-40-24-28-44(34-50(40)51(41)35-45)38-12-5-3-6-13-38/h3-37,53,56H,1-2H3. The van der Waals surface area contributed by atoms with Crippen LogP contribution in [0.5, 0.6) is 5.75 Å². The third-order valence-corrected chi connectivity index (χ3v) is 14.1. The van der Waals surface area contributed by atoms with E-state index in [4.69, 9.17) is 19.7 Å². The van der Waals surface area contributed by atoms with Crippen molar-refractivity contribution >= 4 is 27.1 Å². The highest BCUT2D eigenvalue weighted by molar-refractivity contribution is 6.09. The van der Waals surface area contributed by atoms with Gasteiger partial charge in [-0.2, -0.15) is 0 Å². The average molecular weight is 846 g/mol. The van der Waals surface area contributed by atoms with Crippen LogP contribution >= 0.6 is 0 Å². The van der Waals surface area contributed by atoms with Crippen molar-refractivity contribution in [3.63, 3.8) is 0 Å². The lowest BCUT2D eigenvalue weighted by Crippen LogP contribution is -2.17. The Balaban J connectivity index is 0.854. The van der Waals surface area contributed by atoms with Crippen LogP contribution in [0.1, 0.15) is 42.0 Å². The van der Waals surface area contributed by atoms with Gasteiger partial charge in [-0.25, -0.2) is 15.0 Å². The van der Waals surface area contributed by atoms with Gasteiger partial charge in [0.05, 0.1) is 0 Å². The van der Waals surface area contributed by atoms with Gasteiger partial charge in [-0.3, -0.25) is 0 Å². The second-order valence-corrected chi connectivity index (χ2v) is 18.3. The fourth-order valence-corrected chi connectivity index (χ4v) is 10.7. The number of aromatic nitrogens is 3. The van der Waals surface area contributed by atoms with Crippen LogP contribution in [0.3, 0.4) is 0 Å². The molecule has 2 aliphatic carbocycles. The molecule has 4 nitrogen and oxygen atoms in total. The number of ether oxygens (including phenoxy) is 1. The molecule has 0 bridgehead atoms. The smallest absolute Gasteiger partial charge is 0.164 e. The fraction of sp³-hybridized carbons (Fsp3) is 0.0806. The molecular weight excluding hydrogens is 803 g/mol. The number of allylic oxidation sites excluding steroid dienone is 2. The van der Waals surface area contributed by atoms with E-state index in [9.17, 15) is 0 Å². The van der Waals surface area contributed by atoms with Gasteiger partial charge in [-0.1, -0.05) is 196 Å². The Morgan fingerprint density at radius 1 is 0.424 bits per heavy atom. The number of nitrogens with zero attached hydrogens (tertiary/aromatic N) is 3. The molecule has 10 aromatic rings. The van der Waals surface area contributed by atoms with Gasteiger partial charge in [0, 0.05) is 33.6 Å². The van der Waals surface area contributed by atoms with Crippen molar-refractivity contribution in [1.82, 2.24) is 15.0 Å². The van der Waals surface area contributed by atoms with Gasteiger partial charge >= 0.3 is 0 Å². The minimum Gasteiger partial charge on any atom is -0.485 e. The van der Waals surface area contributed by atoms with Crippen LogP contribution in [0, 0.1) is 0 Å². The van der Waals surface area contributed by atoms with Crippen molar-refractivity contribution in [1.29, 1.82) is 0 Å². The molecule has 4 heteroatoms. The van der Waals surface area contributed by atoms with Gasteiger partial charge in [0.25, 0.3) is 0 Å². The van der Waals surface area contributed by atoms with Crippen LogP contribution < -0.4 is 4.74 Å². The Kier molecular flexibility index (Phi) is 8.66. The summed E-state index contributed by atoms with van der Waals surface area (Å²) in [5, 5.41) is 4.99. The maximum absolute atomic E-state index is 6.64. The summed E-state index contributed by atoms with van der Waals surface area (Å²) in [6, 6.07) is 69.5. The highest BCUT2D eigenvalue weighted by Crippen LogP contribution is 2.50. The van der Waals surface area contributed by atoms with E-state index in [-0.39, 0.29) is 17.4 Å². The van der Waals surface area contributed by atoms with E-state index in [2.05, 4.69) is 208 Å². The van der Waals surface area contributed by atoms with Crippen molar-refractivity contribution in [3.05, 3.63) is 235 Å². The van der Waals surface area contributed by atoms with E-state index < -0.39 is 0 Å². The Bertz CT molecular complexity index is 3640. The Morgan fingerprint density at radius 3 is 1.71 bits per heavy atom. The van der Waals surface area contributed by atoms with Crippen LogP contribution in [0.15, 0.2) is 212 Å². The highest BCUT2D eigenvalue weighted by atomic mass is 16.5. The molecule has 0 N–H and O–H groups in total. The fourth-order valence-electron chi connectivity index (χ4n) is 10.7. The van der Waals surface area contributed by atoms with E-state index in [0.717, 1.165) is 33.6 Å². The zero-order valence-corrected chi connectivity index (χ0v) is 36.6. The minimum atomic E-state index is -0.0784. The third kappa shape index (κ3) is 6.24. The van der Waals surface area contributed by atoms with Gasteiger partial charge in [0.15, 0.2) is 17.5 Å². The number of rotatable bonds is 6. The van der Waals surface area contributed by atoms with Crippen LogP contribution in [0.4, 0.5) is 0 Å². The molecule has 1 aliphatic heterocycles. The largest absolute Gasteiger partial charge is 0.485 e. The number of benzene rings is 9. The Morgan fingerprint density at radius 2 is 0.970 bits per heavy atom. The molecule has 3 aliphatic rings. The number of hydrogen-bond acceptors (Lipinski definition) is 4. The van der Waals surface area contributed by atoms with Crippen LogP contribution in [-0.2, 0) is 5.41 Å². The zero-order chi connectivity index (χ0) is 43.9. The first-order valence-corrected chi connectivity index (χ1v) is 22.8. The lowest BCUT2D eigenvalue weighted by Gasteiger charge is -2.21. The molecule has 0 saturated carbocycles. The topological polar surface area (TPSA) is 47.9 Å². The van der Waals surface area contributed by atoms with Gasteiger partial charge < -0.3 is 4.74 Å². The van der Waals surface area contributed by atoms with Crippen molar-refractivity contribution in [2.75, 3.05) is 0 Å². The summed E-state index contributed by atoms with van der Waals surface area (Å²) in [6.45, 7) is 4.61. The van der Waals surface area contributed by atoms with Gasteiger partial charge in [0.1, 0.15) is 11.9 Å². The molecule has 9 aromatic carbocycles. The summed E-state index contributed by atoms with van der Waals surface area (Å²) in [5.41, 5.74) is 16.3. The predicted molar refractivity (Wildman–Crippen MR) is 270 cm³/mol. The maximum atomic E-state index is 6.64. The summed E-state index contributed by atoms with van der Waals surface area (Å²) < 4.78 is 6.64. The summed E-state index contributed by atoms with van der Waals surface area (Å²) >= 11 is 0. The van der Waals surface area contributed by atoms with Crippen molar-refractivity contribution in [2.45, 2.75) is 31.3 Å². The van der Waals surface area contributed by atoms with E-state index >= 15 is 0 Å². The quantitative estimate of drug-likeness (QED) is 0.156. The number of fused-ring (bicyclic) bond motifs is 9. The molecule has 0 radical (unpaired) electrons.